The molecule has 2 aliphatic rings. The van der Waals surface area contributed by atoms with Crippen molar-refractivity contribution in [3.63, 3.8) is 0 Å². The van der Waals surface area contributed by atoms with Crippen molar-refractivity contribution in [2.24, 2.45) is 0 Å². The Bertz CT molecular complexity index is 636. The maximum atomic E-state index is 12.4. The number of hydrogen-bond acceptors (Lipinski definition) is 4. The van der Waals surface area contributed by atoms with Crippen molar-refractivity contribution in [3.8, 4) is 0 Å². The fourth-order valence-corrected chi connectivity index (χ4v) is 5.87. The van der Waals surface area contributed by atoms with Crippen molar-refractivity contribution in [2.45, 2.75) is 42.6 Å². The number of rotatable bonds is 3. The average molecular weight is 325 g/mol. The fourth-order valence-electron chi connectivity index (χ4n) is 3.09. The van der Waals surface area contributed by atoms with E-state index in [1.807, 2.05) is 24.3 Å². The van der Waals surface area contributed by atoms with E-state index in [4.69, 9.17) is 0 Å². The van der Waals surface area contributed by atoms with Crippen molar-refractivity contribution in [2.75, 3.05) is 5.75 Å². The second-order valence-corrected chi connectivity index (χ2v) is 8.79. The minimum atomic E-state index is -3.52. The van der Waals surface area contributed by atoms with Crippen LogP contribution in [0, 0.1) is 0 Å². The zero-order chi connectivity index (χ0) is 14.9. The zero-order valence-corrected chi connectivity index (χ0v) is 13.4. The third-order valence-corrected chi connectivity index (χ3v) is 7.29. The van der Waals surface area contributed by atoms with Gasteiger partial charge >= 0.3 is 0 Å². The third-order valence-electron chi connectivity index (χ3n) is 4.22. The number of benzene rings is 1. The van der Waals surface area contributed by atoms with E-state index in [2.05, 4.69) is 4.72 Å². The predicted molar refractivity (Wildman–Crippen MR) is 84.7 cm³/mol. The highest BCUT2D eigenvalue weighted by molar-refractivity contribution is 8.00. The first kappa shape index (κ1) is 14.9. The molecule has 1 atom stereocenters. The van der Waals surface area contributed by atoms with Crippen LogP contribution >= 0.6 is 11.8 Å². The van der Waals surface area contributed by atoms with Crippen molar-refractivity contribution >= 4 is 27.7 Å². The molecule has 4 nitrogen and oxygen atoms in total. The first-order valence-corrected chi connectivity index (χ1v) is 9.92. The van der Waals surface area contributed by atoms with Gasteiger partial charge in [-0.3, -0.25) is 9.52 Å². The van der Waals surface area contributed by atoms with Crippen LogP contribution in [0.3, 0.4) is 0 Å². The number of sulfonamides is 1. The molecule has 1 aromatic carbocycles. The first-order chi connectivity index (χ1) is 10.1. The number of fused-ring (bicyclic) bond motifs is 1. The predicted octanol–water partition coefficient (Wildman–Crippen LogP) is 2.41. The quantitative estimate of drug-likeness (QED) is 0.927. The van der Waals surface area contributed by atoms with Crippen LogP contribution in [-0.2, 0) is 21.2 Å². The second kappa shape index (κ2) is 6.01. The van der Waals surface area contributed by atoms with Gasteiger partial charge in [-0.15, -0.1) is 11.8 Å². The molecular formula is C15H19NO3S2. The number of thioether (sulfide) groups is 1. The molecule has 0 saturated heterocycles. The summed E-state index contributed by atoms with van der Waals surface area (Å²) < 4.78 is 26.8. The van der Waals surface area contributed by atoms with Crippen molar-refractivity contribution < 1.29 is 13.2 Å². The maximum absolute atomic E-state index is 12.4. The molecule has 0 spiro atoms. The fraction of sp³-hybridized carbons (Fsp3) is 0.533. The molecule has 0 aromatic heterocycles. The number of amides is 1. The molecule has 3 rings (SSSR count). The molecule has 1 fully saturated rings. The summed E-state index contributed by atoms with van der Waals surface area (Å²) in [7, 11) is -3.52. The molecule has 1 saturated carbocycles. The van der Waals surface area contributed by atoms with E-state index in [0.717, 1.165) is 36.1 Å². The molecule has 6 heteroatoms. The van der Waals surface area contributed by atoms with Crippen molar-refractivity contribution in [1.29, 1.82) is 0 Å². The summed E-state index contributed by atoms with van der Waals surface area (Å²) >= 11 is 1.52. The average Bonchev–Trinajstić information content (AvgIpc) is 3.01. The Morgan fingerprint density at radius 2 is 1.90 bits per heavy atom. The van der Waals surface area contributed by atoms with Gasteiger partial charge in [0.25, 0.3) is 5.91 Å². The molecule has 1 amide bonds. The number of aryl methyl sites for hydroxylation is 1. The Morgan fingerprint density at radius 1 is 1.19 bits per heavy atom. The van der Waals surface area contributed by atoms with Crippen LogP contribution in [0.25, 0.3) is 0 Å². The molecule has 114 valence electrons. The van der Waals surface area contributed by atoms with E-state index in [0.29, 0.717) is 12.8 Å². The molecule has 1 aliphatic heterocycles. The van der Waals surface area contributed by atoms with Gasteiger partial charge in [0.1, 0.15) is 5.25 Å². The molecular weight excluding hydrogens is 306 g/mol. The van der Waals surface area contributed by atoms with Crippen LogP contribution in [0.5, 0.6) is 0 Å². The molecule has 0 radical (unpaired) electrons. The molecule has 1 heterocycles. The topological polar surface area (TPSA) is 63.2 Å². The molecule has 21 heavy (non-hydrogen) atoms. The van der Waals surface area contributed by atoms with E-state index in [-0.39, 0.29) is 5.91 Å². The molecule has 1 aromatic rings. The minimum absolute atomic E-state index is 0.390. The molecule has 0 bridgehead atoms. The van der Waals surface area contributed by atoms with E-state index in [1.54, 1.807) is 0 Å². The van der Waals surface area contributed by atoms with Gasteiger partial charge < -0.3 is 0 Å². The lowest BCUT2D eigenvalue weighted by atomic mass is 10.0. The molecule has 1 N–H and O–H groups in total. The minimum Gasteiger partial charge on any atom is -0.272 e. The van der Waals surface area contributed by atoms with E-state index in [9.17, 15) is 13.2 Å². The van der Waals surface area contributed by atoms with Crippen LogP contribution in [-0.4, -0.2) is 25.3 Å². The Kier molecular flexibility index (Phi) is 4.26. The molecule has 1 aliphatic carbocycles. The van der Waals surface area contributed by atoms with Crippen LogP contribution < -0.4 is 4.72 Å². The Balaban J connectivity index is 1.77. The lowest BCUT2D eigenvalue weighted by Crippen LogP contribution is -2.40. The monoisotopic (exact) mass is 325 g/mol. The van der Waals surface area contributed by atoms with E-state index in [1.165, 1.54) is 11.8 Å². The Morgan fingerprint density at radius 3 is 2.67 bits per heavy atom. The summed E-state index contributed by atoms with van der Waals surface area (Å²) in [5, 5.41) is -0.809. The van der Waals surface area contributed by atoms with Gasteiger partial charge in [-0.1, -0.05) is 37.1 Å². The summed E-state index contributed by atoms with van der Waals surface area (Å²) in [6.45, 7) is 0. The highest BCUT2D eigenvalue weighted by Gasteiger charge is 2.34. The highest BCUT2D eigenvalue weighted by atomic mass is 32.2. The normalized spacial score (nSPS) is 22.8. The van der Waals surface area contributed by atoms with Crippen LogP contribution in [0.4, 0.5) is 0 Å². The summed E-state index contributed by atoms with van der Waals surface area (Å²) in [6.07, 6.45) is 4.12. The van der Waals surface area contributed by atoms with Gasteiger partial charge in [0, 0.05) is 0 Å². The Hall–Kier alpha value is -1.01. The lowest BCUT2D eigenvalue weighted by Gasteiger charge is -2.24. The zero-order valence-electron chi connectivity index (χ0n) is 11.7. The summed E-state index contributed by atoms with van der Waals surface area (Å²) in [4.78, 5) is 12.4. The van der Waals surface area contributed by atoms with Gasteiger partial charge in [-0.05, 0) is 36.1 Å². The molecule has 1 unspecified atom stereocenters. The highest BCUT2D eigenvalue weighted by Crippen LogP contribution is 2.37. The van der Waals surface area contributed by atoms with E-state index >= 15 is 0 Å². The largest absolute Gasteiger partial charge is 0.272 e. The number of nitrogens with one attached hydrogen (secondary N) is 1. The smallest absolute Gasteiger partial charge is 0.251 e. The summed E-state index contributed by atoms with van der Waals surface area (Å²) in [6, 6.07) is 7.80. The third kappa shape index (κ3) is 3.11. The van der Waals surface area contributed by atoms with Gasteiger partial charge in [-0.2, -0.15) is 0 Å². The van der Waals surface area contributed by atoms with Crippen molar-refractivity contribution in [3.05, 3.63) is 35.4 Å². The SMILES string of the molecule is O=C(NS(=O)(=O)C1CCCC1)C1SCCc2ccccc21. The first-order valence-electron chi connectivity index (χ1n) is 7.33. The second-order valence-electron chi connectivity index (χ2n) is 5.62. The maximum Gasteiger partial charge on any atom is 0.251 e. The van der Waals surface area contributed by atoms with Crippen LogP contribution in [0.15, 0.2) is 24.3 Å². The van der Waals surface area contributed by atoms with E-state index < -0.39 is 20.5 Å². The van der Waals surface area contributed by atoms with Gasteiger partial charge in [0.05, 0.1) is 5.25 Å². The van der Waals surface area contributed by atoms with Gasteiger partial charge in [0.15, 0.2) is 0 Å². The van der Waals surface area contributed by atoms with Crippen LogP contribution in [0.2, 0.25) is 0 Å². The lowest BCUT2D eigenvalue weighted by molar-refractivity contribution is -0.118. The summed E-state index contributed by atoms with van der Waals surface area (Å²) in [5.41, 5.74) is 2.10. The van der Waals surface area contributed by atoms with Crippen LogP contribution in [0.1, 0.15) is 42.1 Å². The summed E-state index contributed by atoms with van der Waals surface area (Å²) in [5.74, 6) is 0.456. The standard InChI is InChI=1S/C15H19NO3S2/c17-15(16-21(18,19)12-6-2-3-7-12)14-13-8-4-1-5-11(13)9-10-20-14/h1,4-5,8,12,14H,2-3,6-7,9-10H2,(H,16,17). The number of carbonyl (C=O) groups is 1. The number of carbonyl (C=O) groups excluding carboxylic acids is 1. The number of hydrogen-bond donors (Lipinski definition) is 1. The van der Waals surface area contributed by atoms with Crippen molar-refractivity contribution in [1.82, 2.24) is 4.72 Å². The van der Waals surface area contributed by atoms with Gasteiger partial charge in [0.2, 0.25) is 10.0 Å². The Labute approximate surface area is 129 Å². The van der Waals surface area contributed by atoms with Gasteiger partial charge in [-0.25, -0.2) is 8.42 Å².